The number of aliphatic hydroxyl groups is 1. The van der Waals surface area contributed by atoms with Crippen LogP contribution in [0.5, 0.6) is 11.5 Å². The van der Waals surface area contributed by atoms with E-state index in [2.05, 4.69) is 23.0 Å². The van der Waals surface area contributed by atoms with Crippen molar-refractivity contribution in [2.75, 3.05) is 27.3 Å². The van der Waals surface area contributed by atoms with E-state index in [1.54, 1.807) is 7.11 Å². The normalized spacial score (nSPS) is 43.5. The van der Waals surface area contributed by atoms with Gasteiger partial charge in [-0.3, -0.25) is 4.90 Å². The Kier molecular flexibility index (Phi) is 3.76. The highest BCUT2D eigenvalue weighted by atomic mass is 16.6. The van der Waals surface area contributed by atoms with Crippen LogP contribution in [0.25, 0.3) is 0 Å². The average molecular weight is 410 g/mol. The minimum absolute atomic E-state index is 0.0410. The molecule has 7 rings (SSSR count). The Morgan fingerprint density at radius 3 is 2.87 bits per heavy atom. The van der Waals surface area contributed by atoms with Crippen molar-refractivity contribution in [3.63, 3.8) is 0 Å². The Bertz CT molecular complexity index is 953. The van der Waals surface area contributed by atoms with Crippen molar-refractivity contribution in [3.05, 3.63) is 23.3 Å². The second kappa shape index (κ2) is 5.94. The van der Waals surface area contributed by atoms with E-state index in [-0.39, 0.29) is 22.9 Å². The summed E-state index contributed by atoms with van der Waals surface area (Å²) >= 11 is 0. The third-order valence-corrected chi connectivity index (χ3v) is 9.61. The maximum Gasteiger partial charge on any atom is 0.165 e. The Labute approximate surface area is 178 Å². The number of likely N-dealkylation sites (tertiary alicyclic amines) is 1. The lowest BCUT2D eigenvalue weighted by Crippen LogP contribution is -2.81. The van der Waals surface area contributed by atoms with Gasteiger partial charge in [0.25, 0.3) is 0 Å². The number of hydrogen-bond donors (Lipinski definition) is 1. The van der Waals surface area contributed by atoms with E-state index < -0.39 is 11.7 Å². The Balaban J connectivity index is 1.65. The predicted octanol–water partition coefficient (Wildman–Crippen LogP) is 2.52. The molecule has 5 heteroatoms. The number of hydrogen-bond acceptors (Lipinski definition) is 5. The topological polar surface area (TPSA) is 51.2 Å². The molecule has 7 atom stereocenters. The fraction of sp³-hybridized carbons (Fsp3) is 0.680. The van der Waals surface area contributed by atoms with E-state index in [1.807, 2.05) is 14.0 Å². The van der Waals surface area contributed by atoms with Gasteiger partial charge in [-0.05, 0) is 50.7 Å². The molecule has 4 fully saturated rings. The third-order valence-electron chi connectivity index (χ3n) is 9.61. The first-order valence-corrected chi connectivity index (χ1v) is 11.3. The van der Waals surface area contributed by atoms with E-state index in [0.717, 1.165) is 50.1 Å². The van der Waals surface area contributed by atoms with Crippen molar-refractivity contribution in [1.29, 1.82) is 0 Å². The van der Waals surface area contributed by atoms with Gasteiger partial charge in [0.15, 0.2) is 11.5 Å². The molecular weight excluding hydrogens is 378 g/mol. The summed E-state index contributed by atoms with van der Waals surface area (Å²) < 4.78 is 19.0. The molecule has 1 N–H and O–H groups in total. The molecule has 4 aliphatic carbocycles. The molecule has 0 aromatic heterocycles. The van der Waals surface area contributed by atoms with Gasteiger partial charge in [-0.25, -0.2) is 0 Å². The van der Waals surface area contributed by atoms with E-state index in [4.69, 9.17) is 20.6 Å². The van der Waals surface area contributed by atoms with Gasteiger partial charge in [0.2, 0.25) is 0 Å². The number of methoxy groups -OCH3 is 2. The highest BCUT2D eigenvalue weighted by molar-refractivity contribution is 5.63. The Morgan fingerprint density at radius 1 is 1.33 bits per heavy atom. The highest BCUT2D eigenvalue weighted by Crippen LogP contribution is 2.76. The largest absolute Gasteiger partial charge is 0.493 e. The predicted molar refractivity (Wildman–Crippen MR) is 113 cm³/mol. The molecule has 2 spiro atoms. The van der Waals surface area contributed by atoms with Gasteiger partial charge in [-0.2, -0.15) is 0 Å². The summed E-state index contributed by atoms with van der Waals surface area (Å²) in [6.45, 7) is 3.58. The number of benzene rings is 1. The second-order valence-electron chi connectivity index (χ2n) is 10.1. The van der Waals surface area contributed by atoms with Crippen molar-refractivity contribution in [1.82, 2.24) is 4.90 Å². The zero-order valence-electron chi connectivity index (χ0n) is 18.1. The molecule has 0 amide bonds. The lowest BCUT2D eigenvalue weighted by atomic mass is 9.34. The number of rotatable bonds is 4. The Hall–Kier alpha value is -1.74. The number of aliphatic hydroxyl groups excluding tert-OH is 1. The summed E-state index contributed by atoms with van der Waals surface area (Å²) in [5, 5.41) is 10.9. The minimum Gasteiger partial charge on any atom is -0.493 e. The van der Waals surface area contributed by atoms with E-state index in [9.17, 15) is 5.11 Å². The van der Waals surface area contributed by atoms with Gasteiger partial charge in [0.1, 0.15) is 11.7 Å². The van der Waals surface area contributed by atoms with Crippen LogP contribution in [-0.2, 0) is 16.6 Å². The zero-order valence-corrected chi connectivity index (χ0v) is 18.1. The highest BCUT2D eigenvalue weighted by Gasteiger charge is 2.80. The molecule has 2 heterocycles. The molecule has 6 aliphatic rings. The first kappa shape index (κ1) is 19.0. The van der Waals surface area contributed by atoms with Gasteiger partial charge in [0, 0.05) is 42.0 Å². The Morgan fingerprint density at radius 2 is 2.17 bits per heavy atom. The standard InChI is InChI=1S/C25H31NO4/c1-5-11-26-12-10-24-20-16-6-7-18(28-3)21(20)30-22(24)25(29-4)9-8-23(24,19(26)13-16)14-17(25)15(2)27/h1,6-7,15,17,19,22,27H,8-14H2,2-4H3/t15?,17-,19-,22-,23-,24+,25-/m1/s1. The number of piperidine rings is 1. The molecule has 5 nitrogen and oxygen atoms in total. The lowest BCUT2D eigenvalue weighted by Gasteiger charge is -2.74. The maximum absolute atomic E-state index is 10.9. The van der Waals surface area contributed by atoms with E-state index in [1.165, 1.54) is 11.1 Å². The summed E-state index contributed by atoms with van der Waals surface area (Å²) in [7, 11) is 3.53. The molecule has 1 aromatic rings. The molecule has 3 saturated carbocycles. The SMILES string of the molecule is C#CCN1CC[C@]23c4c5ccc(OC)c4O[C@H]2[C@@]2(OC)CC[C@@]3(C[C@@H]2C(C)O)[C@H]1C5. The zero-order chi connectivity index (χ0) is 20.9. The lowest BCUT2D eigenvalue weighted by molar-refractivity contribution is -0.288. The van der Waals surface area contributed by atoms with Gasteiger partial charge in [-0.15, -0.1) is 6.42 Å². The second-order valence-corrected chi connectivity index (χ2v) is 10.1. The summed E-state index contributed by atoms with van der Waals surface area (Å²) in [6.07, 6.45) is 10.2. The molecule has 4 bridgehead atoms. The summed E-state index contributed by atoms with van der Waals surface area (Å²) in [5.41, 5.74) is 2.21. The van der Waals surface area contributed by atoms with Crippen LogP contribution in [0.1, 0.15) is 43.7 Å². The minimum atomic E-state index is -0.479. The van der Waals surface area contributed by atoms with E-state index in [0.29, 0.717) is 12.6 Å². The fourth-order valence-electron chi connectivity index (χ4n) is 8.63. The first-order chi connectivity index (χ1) is 14.5. The van der Waals surface area contributed by atoms with Crippen LogP contribution in [-0.4, -0.2) is 61.2 Å². The monoisotopic (exact) mass is 409 g/mol. The molecule has 160 valence electrons. The summed E-state index contributed by atoms with van der Waals surface area (Å²) in [5.74, 6) is 4.69. The van der Waals surface area contributed by atoms with Gasteiger partial charge >= 0.3 is 0 Å². The van der Waals surface area contributed by atoms with Gasteiger partial charge in [0.05, 0.1) is 19.8 Å². The van der Waals surface area contributed by atoms with Crippen molar-refractivity contribution in [2.24, 2.45) is 11.3 Å². The molecule has 1 unspecified atom stereocenters. The molecule has 30 heavy (non-hydrogen) atoms. The quantitative estimate of drug-likeness (QED) is 0.775. The van der Waals surface area contributed by atoms with Crippen LogP contribution in [0.3, 0.4) is 0 Å². The molecule has 0 radical (unpaired) electrons. The molecule has 2 aliphatic heterocycles. The molecule has 1 saturated heterocycles. The average Bonchev–Trinajstić information content (AvgIpc) is 3.12. The first-order valence-electron chi connectivity index (χ1n) is 11.3. The van der Waals surface area contributed by atoms with Crippen LogP contribution in [0.15, 0.2) is 12.1 Å². The van der Waals surface area contributed by atoms with Crippen molar-refractivity contribution in [3.8, 4) is 23.8 Å². The number of fused-ring (bicyclic) bond motifs is 2. The van der Waals surface area contributed by atoms with Crippen LogP contribution in [0.2, 0.25) is 0 Å². The van der Waals surface area contributed by atoms with Crippen molar-refractivity contribution < 1.29 is 19.3 Å². The van der Waals surface area contributed by atoms with Crippen LogP contribution < -0.4 is 9.47 Å². The number of nitrogens with zero attached hydrogens (tertiary/aromatic N) is 1. The molecular formula is C25H31NO4. The summed E-state index contributed by atoms with van der Waals surface area (Å²) in [6, 6.07) is 4.66. The van der Waals surface area contributed by atoms with Gasteiger partial charge in [-0.1, -0.05) is 12.0 Å². The van der Waals surface area contributed by atoms with Crippen LogP contribution in [0.4, 0.5) is 0 Å². The van der Waals surface area contributed by atoms with E-state index >= 15 is 0 Å². The van der Waals surface area contributed by atoms with Crippen molar-refractivity contribution >= 4 is 0 Å². The number of terminal acetylenes is 1. The van der Waals surface area contributed by atoms with Crippen molar-refractivity contribution in [2.45, 2.75) is 68.3 Å². The molecule has 1 aromatic carbocycles. The smallest absolute Gasteiger partial charge is 0.165 e. The van der Waals surface area contributed by atoms with Crippen LogP contribution >= 0.6 is 0 Å². The summed E-state index contributed by atoms with van der Waals surface area (Å²) in [4.78, 5) is 2.53. The third kappa shape index (κ3) is 1.81. The van der Waals surface area contributed by atoms with Crippen LogP contribution in [0, 0.1) is 23.7 Å². The van der Waals surface area contributed by atoms with Gasteiger partial charge < -0.3 is 19.3 Å². The number of ether oxygens (including phenoxy) is 3. The maximum atomic E-state index is 10.9. The fourth-order valence-corrected chi connectivity index (χ4v) is 8.63.